The average Bonchev–Trinajstić information content (AvgIpc) is 3.02. The van der Waals surface area contributed by atoms with Gasteiger partial charge in [-0.3, -0.25) is 14.4 Å². The molecule has 1 atom stereocenters. The van der Waals surface area contributed by atoms with Crippen LogP contribution in [0.4, 0.5) is 0 Å². The smallest absolute Gasteiger partial charge is 0.274 e. The quantitative estimate of drug-likeness (QED) is 0.904. The Balaban J connectivity index is 1.59. The van der Waals surface area contributed by atoms with Gasteiger partial charge in [0.05, 0.1) is 18.3 Å². The maximum absolute atomic E-state index is 12.5. The predicted octanol–water partition coefficient (Wildman–Crippen LogP) is 1.52. The highest BCUT2D eigenvalue weighted by Crippen LogP contribution is 2.17. The third-order valence-corrected chi connectivity index (χ3v) is 4.48. The van der Waals surface area contributed by atoms with Crippen LogP contribution in [0.1, 0.15) is 34.3 Å². The molecule has 1 N–H and O–H groups in total. The molecule has 0 saturated heterocycles. The number of aromatic nitrogens is 2. The van der Waals surface area contributed by atoms with Crippen molar-refractivity contribution in [1.82, 2.24) is 19.6 Å². The van der Waals surface area contributed by atoms with Crippen molar-refractivity contribution in [3.63, 3.8) is 0 Å². The number of rotatable bonds is 5. The Bertz CT molecular complexity index is 698. The van der Waals surface area contributed by atoms with Gasteiger partial charge in [-0.15, -0.1) is 0 Å². The molecule has 0 saturated carbocycles. The summed E-state index contributed by atoms with van der Waals surface area (Å²) < 4.78 is 1.92. The maximum Gasteiger partial charge on any atom is 0.274 e. The van der Waals surface area contributed by atoms with Gasteiger partial charge in [-0.1, -0.05) is 30.3 Å². The SMILES string of the molecule is CN1CCn2nc(C(=O)N(C)CC[C@@H](O)c3ccccc3)cc2C1. The summed E-state index contributed by atoms with van der Waals surface area (Å²) in [6.07, 6.45) is -0.0620. The first kappa shape index (κ1) is 16.7. The van der Waals surface area contributed by atoms with E-state index in [-0.39, 0.29) is 5.91 Å². The topological polar surface area (TPSA) is 61.6 Å². The minimum atomic E-state index is -0.565. The van der Waals surface area contributed by atoms with Gasteiger partial charge >= 0.3 is 0 Å². The number of amides is 1. The molecule has 24 heavy (non-hydrogen) atoms. The third-order valence-electron chi connectivity index (χ3n) is 4.48. The summed E-state index contributed by atoms with van der Waals surface area (Å²) in [5, 5.41) is 14.6. The van der Waals surface area contributed by atoms with Crippen molar-refractivity contribution >= 4 is 5.91 Å². The number of benzene rings is 1. The summed E-state index contributed by atoms with van der Waals surface area (Å²) in [5.41, 5.74) is 2.43. The molecule has 3 rings (SSSR count). The van der Waals surface area contributed by atoms with Gasteiger partial charge in [0, 0.05) is 26.7 Å². The molecule has 0 unspecified atom stereocenters. The van der Waals surface area contributed by atoms with Crippen LogP contribution in [-0.4, -0.2) is 57.8 Å². The van der Waals surface area contributed by atoms with Crippen LogP contribution >= 0.6 is 0 Å². The van der Waals surface area contributed by atoms with Gasteiger partial charge in [-0.05, 0) is 25.1 Å². The highest BCUT2D eigenvalue weighted by Gasteiger charge is 2.21. The second-order valence-electron chi connectivity index (χ2n) is 6.42. The molecule has 1 aliphatic rings. The van der Waals surface area contributed by atoms with Gasteiger partial charge in [-0.2, -0.15) is 5.10 Å². The first-order valence-electron chi connectivity index (χ1n) is 8.28. The van der Waals surface area contributed by atoms with E-state index in [0.29, 0.717) is 18.7 Å². The largest absolute Gasteiger partial charge is 0.388 e. The Labute approximate surface area is 142 Å². The molecule has 6 nitrogen and oxygen atoms in total. The van der Waals surface area contributed by atoms with E-state index >= 15 is 0 Å². The minimum absolute atomic E-state index is 0.0974. The summed E-state index contributed by atoms with van der Waals surface area (Å²) in [6, 6.07) is 11.4. The van der Waals surface area contributed by atoms with E-state index in [1.165, 1.54) is 0 Å². The molecule has 0 bridgehead atoms. The van der Waals surface area contributed by atoms with Gasteiger partial charge < -0.3 is 10.0 Å². The number of carbonyl (C=O) groups is 1. The summed E-state index contributed by atoms with van der Waals surface area (Å²) in [4.78, 5) is 16.4. The van der Waals surface area contributed by atoms with Crippen LogP contribution in [0.25, 0.3) is 0 Å². The summed E-state index contributed by atoms with van der Waals surface area (Å²) in [5.74, 6) is -0.0974. The van der Waals surface area contributed by atoms with Crippen LogP contribution < -0.4 is 0 Å². The monoisotopic (exact) mass is 328 g/mol. The van der Waals surface area contributed by atoms with Crippen LogP contribution in [0.5, 0.6) is 0 Å². The van der Waals surface area contributed by atoms with Crippen molar-refractivity contribution < 1.29 is 9.90 Å². The molecule has 1 amide bonds. The van der Waals surface area contributed by atoms with Crippen LogP contribution in [0.2, 0.25) is 0 Å². The zero-order valence-electron chi connectivity index (χ0n) is 14.2. The molecule has 0 spiro atoms. The molecular weight excluding hydrogens is 304 g/mol. The normalized spacial score (nSPS) is 15.8. The van der Waals surface area contributed by atoms with Crippen LogP contribution in [0.15, 0.2) is 36.4 Å². The molecule has 0 radical (unpaired) electrons. The Kier molecular flexibility index (Phi) is 4.97. The van der Waals surface area contributed by atoms with Crippen molar-refractivity contribution in [2.45, 2.75) is 25.6 Å². The van der Waals surface area contributed by atoms with Gasteiger partial charge in [0.15, 0.2) is 5.69 Å². The van der Waals surface area contributed by atoms with E-state index in [1.807, 2.05) is 41.1 Å². The van der Waals surface area contributed by atoms with Crippen molar-refractivity contribution in [3.8, 4) is 0 Å². The van der Waals surface area contributed by atoms with E-state index in [1.54, 1.807) is 11.9 Å². The number of hydrogen-bond donors (Lipinski definition) is 1. The molecule has 2 aromatic rings. The highest BCUT2D eigenvalue weighted by molar-refractivity contribution is 5.92. The molecule has 6 heteroatoms. The van der Waals surface area contributed by atoms with Crippen LogP contribution in [-0.2, 0) is 13.1 Å². The molecule has 0 fully saturated rings. The number of nitrogens with zero attached hydrogens (tertiary/aromatic N) is 4. The van der Waals surface area contributed by atoms with Gasteiger partial charge in [0.2, 0.25) is 0 Å². The van der Waals surface area contributed by atoms with E-state index in [9.17, 15) is 9.90 Å². The average molecular weight is 328 g/mol. The summed E-state index contributed by atoms with van der Waals surface area (Å²) in [7, 11) is 3.82. The minimum Gasteiger partial charge on any atom is -0.388 e. The molecule has 128 valence electrons. The van der Waals surface area contributed by atoms with Crippen molar-refractivity contribution in [3.05, 3.63) is 53.3 Å². The van der Waals surface area contributed by atoms with Gasteiger partial charge in [0.1, 0.15) is 0 Å². The number of likely N-dealkylation sites (N-methyl/N-ethyl adjacent to an activating group) is 1. The van der Waals surface area contributed by atoms with Crippen LogP contribution in [0, 0.1) is 0 Å². The van der Waals surface area contributed by atoms with Crippen molar-refractivity contribution in [2.24, 2.45) is 0 Å². The molecule has 1 aromatic heterocycles. The maximum atomic E-state index is 12.5. The van der Waals surface area contributed by atoms with Crippen molar-refractivity contribution in [2.75, 3.05) is 27.2 Å². The summed E-state index contributed by atoms with van der Waals surface area (Å²) >= 11 is 0. The molecule has 0 aliphatic carbocycles. The molecule has 1 aromatic carbocycles. The molecular formula is C18H24N4O2. The van der Waals surface area contributed by atoms with Crippen molar-refractivity contribution in [1.29, 1.82) is 0 Å². The molecule has 1 aliphatic heterocycles. The second kappa shape index (κ2) is 7.15. The first-order chi connectivity index (χ1) is 11.5. The lowest BCUT2D eigenvalue weighted by Gasteiger charge is -2.22. The Morgan fingerprint density at radius 1 is 1.33 bits per heavy atom. The first-order valence-corrected chi connectivity index (χ1v) is 8.28. The van der Waals surface area contributed by atoms with E-state index < -0.39 is 6.10 Å². The summed E-state index contributed by atoms with van der Waals surface area (Å²) in [6.45, 7) is 3.06. The Morgan fingerprint density at radius 3 is 2.83 bits per heavy atom. The fourth-order valence-electron chi connectivity index (χ4n) is 2.96. The van der Waals surface area contributed by atoms with E-state index in [0.717, 1.165) is 30.9 Å². The van der Waals surface area contributed by atoms with Gasteiger partial charge in [0.25, 0.3) is 5.91 Å². The van der Waals surface area contributed by atoms with E-state index in [2.05, 4.69) is 17.0 Å². The predicted molar refractivity (Wildman–Crippen MR) is 91.5 cm³/mol. The fourth-order valence-corrected chi connectivity index (χ4v) is 2.96. The Morgan fingerprint density at radius 2 is 2.08 bits per heavy atom. The fraction of sp³-hybridized carbons (Fsp3) is 0.444. The lowest BCUT2D eigenvalue weighted by molar-refractivity contribution is 0.0754. The third kappa shape index (κ3) is 3.66. The lowest BCUT2D eigenvalue weighted by atomic mass is 10.1. The van der Waals surface area contributed by atoms with Crippen LogP contribution in [0.3, 0.4) is 0 Å². The number of aliphatic hydroxyl groups excluding tert-OH is 1. The number of aliphatic hydroxyl groups is 1. The Hall–Kier alpha value is -2.18. The molecule has 2 heterocycles. The van der Waals surface area contributed by atoms with E-state index in [4.69, 9.17) is 0 Å². The standard InChI is InChI=1S/C18H24N4O2/c1-20-10-11-22-15(13-20)12-16(19-22)18(24)21(2)9-8-17(23)14-6-4-3-5-7-14/h3-7,12,17,23H,8-11,13H2,1-2H3/t17-/m1/s1. The number of hydrogen-bond acceptors (Lipinski definition) is 4. The highest BCUT2D eigenvalue weighted by atomic mass is 16.3. The second-order valence-corrected chi connectivity index (χ2v) is 6.42. The lowest BCUT2D eigenvalue weighted by Crippen LogP contribution is -2.31. The number of carbonyl (C=O) groups excluding carboxylic acids is 1. The zero-order valence-corrected chi connectivity index (χ0v) is 14.2. The number of fused-ring (bicyclic) bond motifs is 1. The van der Waals surface area contributed by atoms with Gasteiger partial charge in [-0.25, -0.2) is 0 Å². The zero-order chi connectivity index (χ0) is 17.1.